The molecule has 0 unspecified atom stereocenters. The van der Waals surface area contributed by atoms with E-state index in [0.717, 1.165) is 6.54 Å². The Hall–Kier alpha value is -1.86. The Morgan fingerprint density at radius 2 is 1.50 bits per heavy atom. The molecule has 1 nitrogen and oxygen atoms in total. The molecule has 0 spiro atoms. The van der Waals surface area contributed by atoms with Crippen molar-refractivity contribution >= 4 is 0 Å². The minimum absolute atomic E-state index is 0.482. The van der Waals surface area contributed by atoms with Gasteiger partial charge in [-0.05, 0) is 35.7 Å². The zero-order chi connectivity index (χ0) is 13.5. The van der Waals surface area contributed by atoms with Crippen LogP contribution in [-0.2, 0) is 0 Å². The average Bonchev–Trinajstić information content (AvgIpc) is 2.83. The molecular formula is C19H19N. The molecule has 100 valence electrons. The molecule has 0 bridgehead atoms. The van der Waals surface area contributed by atoms with Gasteiger partial charge in [-0.1, -0.05) is 60.2 Å². The van der Waals surface area contributed by atoms with Crippen molar-refractivity contribution in [2.75, 3.05) is 20.1 Å². The molecule has 1 heteroatoms. The van der Waals surface area contributed by atoms with E-state index in [1.165, 1.54) is 35.2 Å². The van der Waals surface area contributed by atoms with Gasteiger partial charge in [0, 0.05) is 19.0 Å². The highest BCUT2D eigenvalue weighted by molar-refractivity contribution is 5.80. The second-order valence-electron chi connectivity index (χ2n) is 5.90. The van der Waals surface area contributed by atoms with Crippen LogP contribution in [0.1, 0.15) is 23.5 Å². The minimum Gasteiger partial charge on any atom is -0.302 e. The van der Waals surface area contributed by atoms with Crippen LogP contribution < -0.4 is 0 Å². The van der Waals surface area contributed by atoms with Gasteiger partial charge in [-0.2, -0.15) is 0 Å². The third-order valence-electron chi connectivity index (χ3n) is 4.65. The minimum atomic E-state index is 0.482. The van der Waals surface area contributed by atoms with Gasteiger partial charge in [0.1, 0.15) is 0 Å². The zero-order valence-corrected chi connectivity index (χ0v) is 11.8. The lowest BCUT2D eigenvalue weighted by molar-refractivity contribution is 0.355. The highest BCUT2D eigenvalue weighted by Crippen LogP contribution is 2.48. The van der Waals surface area contributed by atoms with Gasteiger partial charge < -0.3 is 4.90 Å². The van der Waals surface area contributed by atoms with Gasteiger partial charge in [0.2, 0.25) is 0 Å². The first-order valence-corrected chi connectivity index (χ1v) is 7.40. The molecule has 0 radical (unpaired) electrons. The number of likely N-dealkylation sites (N-methyl/N-ethyl adjacent to an activating group) is 1. The molecule has 0 saturated heterocycles. The van der Waals surface area contributed by atoms with Crippen molar-refractivity contribution in [3.05, 3.63) is 71.3 Å². The molecule has 20 heavy (non-hydrogen) atoms. The average molecular weight is 261 g/mol. The van der Waals surface area contributed by atoms with Crippen LogP contribution in [0.3, 0.4) is 0 Å². The van der Waals surface area contributed by atoms with Crippen molar-refractivity contribution < 1.29 is 0 Å². The third kappa shape index (κ3) is 1.74. The molecule has 2 aliphatic rings. The Balaban J connectivity index is 1.88. The number of nitrogens with zero attached hydrogens (tertiary/aromatic N) is 1. The van der Waals surface area contributed by atoms with Gasteiger partial charge in [-0.3, -0.25) is 0 Å². The maximum atomic E-state index is 2.44. The molecule has 2 aromatic rings. The number of fused-ring (bicyclic) bond motifs is 3. The maximum Gasteiger partial charge on any atom is 0.0312 e. The van der Waals surface area contributed by atoms with Crippen LogP contribution in [0.15, 0.2) is 60.2 Å². The fourth-order valence-corrected chi connectivity index (χ4v) is 3.60. The van der Waals surface area contributed by atoms with E-state index in [2.05, 4.69) is 66.6 Å². The molecular weight excluding hydrogens is 242 g/mol. The summed E-state index contributed by atoms with van der Waals surface area (Å²) in [5.41, 5.74) is 7.43. The third-order valence-corrected chi connectivity index (χ3v) is 4.65. The van der Waals surface area contributed by atoms with Crippen LogP contribution in [0, 0.1) is 0 Å². The lowest BCUT2D eigenvalue weighted by Gasteiger charge is -2.26. The van der Waals surface area contributed by atoms with E-state index >= 15 is 0 Å². The summed E-state index contributed by atoms with van der Waals surface area (Å²) in [5.74, 6) is 0.482. The summed E-state index contributed by atoms with van der Waals surface area (Å²) in [6.07, 6.45) is 3.62. The van der Waals surface area contributed by atoms with E-state index in [1.54, 1.807) is 5.57 Å². The first kappa shape index (κ1) is 11.9. The molecule has 0 aromatic heterocycles. The molecule has 4 rings (SSSR count). The quantitative estimate of drug-likeness (QED) is 0.700. The Kier molecular flexibility index (Phi) is 2.75. The van der Waals surface area contributed by atoms with Crippen molar-refractivity contribution in [3.8, 4) is 11.1 Å². The fourth-order valence-electron chi connectivity index (χ4n) is 3.60. The van der Waals surface area contributed by atoms with Gasteiger partial charge in [0.25, 0.3) is 0 Å². The second-order valence-corrected chi connectivity index (χ2v) is 5.90. The van der Waals surface area contributed by atoms with E-state index < -0.39 is 0 Å². The lowest BCUT2D eigenvalue weighted by Crippen LogP contribution is -2.25. The summed E-state index contributed by atoms with van der Waals surface area (Å²) >= 11 is 0. The van der Waals surface area contributed by atoms with Crippen LogP contribution >= 0.6 is 0 Å². The monoisotopic (exact) mass is 261 g/mol. The number of hydrogen-bond donors (Lipinski definition) is 0. The summed E-state index contributed by atoms with van der Waals surface area (Å²) in [7, 11) is 2.20. The SMILES string of the molecule is CN1CC=C(C2c3ccccc3-c3ccccc32)CC1. The van der Waals surface area contributed by atoms with Crippen molar-refractivity contribution in [2.45, 2.75) is 12.3 Å². The van der Waals surface area contributed by atoms with E-state index in [-0.39, 0.29) is 0 Å². The highest BCUT2D eigenvalue weighted by atomic mass is 15.1. The Morgan fingerprint density at radius 1 is 0.900 bits per heavy atom. The number of hydrogen-bond acceptors (Lipinski definition) is 1. The van der Waals surface area contributed by atoms with E-state index in [9.17, 15) is 0 Å². The van der Waals surface area contributed by atoms with Crippen molar-refractivity contribution in [2.24, 2.45) is 0 Å². The van der Waals surface area contributed by atoms with Gasteiger partial charge in [0.15, 0.2) is 0 Å². The Labute approximate surface area is 120 Å². The summed E-state index contributed by atoms with van der Waals surface area (Å²) in [5, 5.41) is 0. The van der Waals surface area contributed by atoms with E-state index in [4.69, 9.17) is 0 Å². The van der Waals surface area contributed by atoms with Gasteiger partial charge >= 0.3 is 0 Å². The summed E-state index contributed by atoms with van der Waals surface area (Å²) < 4.78 is 0. The van der Waals surface area contributed by atoms with E-state index in [1.807, 2.05) is 0 Å². The molecule has 2 aromatic carbocycles. The molecule has 0 amide bonds. The molecule has 0 saturated carbocycles. The van der Waals surface area contributed by atoms with Crippen LogP contribution in [-0.4, -0.2) is 25.0 Å². The van der Waals surface area contributed by atoms with Crippen LogP contribution in [0.25, 0.3) is 11.1 Å². The second kappa shape index (κ2) is 4.60. The molecule has 1 heterocycles. The van der Waals surface area contributed by atoms with Gasteiger partial charge in [-0.15, -0.1) is 0 Å². The number of rotatable bonds is 1. The molecule has 0 fully saturated rings. The Morgan fingerprint density at radius 3 is 2.05 bits per heavy atom. The van der Waals surface area contributed by atoms with Crippen LogP contribution in [0.4, 0.5) is 0 Å². The predicted octanol–water partition coefficient (Wildman–Crippen LogP) is 4.06. The first-order valence-electron chi connectivity index (χ1n) is 7.40. The first-order chi connectivity index (χ1) is 9.84. The summed E-state index contributed by atoms with van der Waals surface area (Å²) in [6, 6.07) is 17.8. The smallest absolute Gasteiger partial charge is 0.0312 e. The van der Waals surface area contributed by atoms with Crippen molar-refractivity contribution in [1.82, 2.24) is 4.90 Å². The lowest BCUT2D eigenvalue weighted by atomic mass is 9.86. The Bertz CT molecular complexity index is 638. The molecule has 1 aliphatic carbocycles. The summed E-state index contributed by atoms with van der Waals surface area (Å²) in [4.78, 5) is 2.39. The molecule has 0 N–H and O–H groups in total. The van der Waals surface area contributed by atoms with Gasteiger partial charge in [0.05, 0.1) is 0 Å². The highest BCUT2D eigenvalue weighted by Gasteiger charge is 2.31. The predicted molar refractivity (Wildman–Crippen MR) is 83.9 cm³/mol. The maximum absolute atomic E-state index is 2.44. The molecule has 1 aliphatic heterocycles. The standard InChI is InChI=1S/C19H19N/c1-20-12-10-14(11-13-20)19-17-8-4-2-6-15(17)16-7-3-5-9-18(16)19/h2-10,19H,11-13H2,1H3. The van der Waals surface area contributed by atoms with E-state index in [0.29, 0.717) is 5.92 Å². The largest absolute Gasteiger partial charge is 0.302 e. The van der Waals surface area contributed by atoms with Gasteiger partial charge in [-0.25, -0.2) is 0 Å². The number of benzene rings is 2. The topological polar surface area (TPSA) is 3.24 Å². The normalized spacial score (nSPS) is 18.6. The van der Waals surface area contributed by atoms with Crippen LogP contribution in [0.5, 0.6) is 0 Å². The summed E-state index contributed by atoms with van der Waals surface area (Å²) in [6.45, 7) is 2.25. The van der Waals surface area contributed by atoms with Crippen molar-refractivity contribution in [3.63, 3.8) is 0 Å². The molecule has 0 atom stereocenters. The fraction of sp³-hybridized carbons (Fsp3) is 0.263. The van der Waals surface area contributed by atoms with Crippen LogP contribution in [0.2, 0.25) is 0 Å². The van der Waals surface area contributed by atoms with Crippen molar-refractivity contribution in [1.29, 1.82) is 0 Å². The zero-order valence-electron chi connectivity index (χ0n) is 11.8.